The summed E-state index contributed by atoms with van der Waals surface area (Å²) >= 11 is 0. The van der Waals surface area contributed by atoms with Crippen LogP contribution in [0.1, 0.15) is 0 Å². The van der Waals surface area contributed by atoms with E-state index in [1.165, 1.54) is 12.1 Å². The van der Waals surface area contributed by atoms with Gasteiger partial charge in [-0.05, 0) is 18.2 Å². The molecule has 0 radical (unpaired) electrons. The molecule has 0 amide bonds. The first kappa shape index (κ1) is 11.3. The molecule has 0 aliphatic rings. The minimum atomic E-state index is -0.893. The molecule has 0 saturated carbocycles. The van der Waals surface area contributed by atoms with E-state index in [2.05, 4.69) is 15.6 Å². The van der Waals surface area contributed by atoms with Gasteiger partial charge in [0.1, 0.15) is 5.82 Å². The number of nitrogens with zero attached hydrogens (tertiary/aromatic N) is 1. The number of aromatic nitrogens is 1. The third-order valence-electron chi connectivity index (χ3n) is 2.25. The molecule has 0 unspecified atom stereocenters. The number of pyridine rings is 1. The zero-order valence-corrected chi connectivity index (χ0v) is 9.17. The summed E-state index contributed by atoms with van der Waals surface area (Å²) in [6.45, 7) is 0. The number of halogens is 2. The van der Waals surface area contributed by atoms with E-state index in [4.69, 9.17) is 0 Å². The fraction of sp³-hybridized carbons (Fsp3) is 0.0833. The molecule has 1 heterocycles. The average molecular weight is 235 g/mol. The van der Waals surface area contributed by atoms with Gasteiger partial charge in [-0.1, -0.05) is 6.07 Å². The van der Waals surface area contributed by atoms with Crippen molar-refractivity contribution in [2.75, 3.05) is 17.7 Å². The van der Waals surface area contributed by atoms with Gasteiger partial charge in [-0.15, -0.1) is 0 Å². The smallest absolute Gasteiger partial charge is 0.182 e. The van der Waals surface area contributed by atoms with Crippen LogP contribution in [0, 0.1) is 11.6 Å². The Morgan fingerprint density at radius 1 is 1.18 bits per heavy atom. The summed E-state index contributed by atoms with van der Waals surface area (Å²) < 4.78 is 26.4. The highest BCUT2D eigenvalue weighted by molar-refractivity contribution is 5.62. The Morgan fingerprint density at radius 2 is 2.00 bits per heavy atom. The highest BCUT2D eigenvalue weighted by atomic mass is 19.2. The van der Waals surface area contributed by atoms with E-state index in [9.17, 15) is 8.78 Å². The third-order valence-corrected chi connectivity index (χ3v) is 2.25. The van der Waals surface area contributed by atoms with Gasteiger partial charge in [-0.2, -0.15) is 0 Å². The first-order valence-electron chi connectivity index (χ1n) is 5.05. The maximum absolute atomic E-state index is 13.4. The van der Waals surface area contributed by atoms with Crippen molar-refractivity contribution in [3.05, 3.63) is 48.2 Å². The monoisotopic (exact) mass is 235 g/mol. The lowest BCUT2D eigenvalue weighted by atomic mass is 10.2. The molecule has 0 aliphatic heterocycles. The summed E-state index contributed by atoms with van der Waals surface area (Å²) in [5, 5.41) is 5.65. The maximum Gasteiger partial charge on any atom is 0.182 e. The van der Waals surface area contributed by atoms with Gasteiger partial charge in [0.2, 0.25) is 0 Å². The highest BCUT2D eigenvalue weighted by Crippen LogP contribution is 2.22. The topological polar surface area (TPSA) is 37.0 Å². The van der Waals surface area contributed by atoms with Gasteiger partial charge in [-0.3, -0.25) is 0 Å². The standard InChI is InChI=1S/C12H11F2N3/c1-15-11-7-8(5-6-16-11)17-10-4-2-3-9(13)12(10)14/h2-7H,1H3,(H2,15,16,17). The van der Waals surface area contributed by atoms with E-state index < -0.39 is 11.6 Å². The van der Waals surface area contributed by atoms with Gasteiger partial charge < -0.3 is 10.6 Å². The number of hydrogen-bond donors (Lipinski definition) is 2. The second-order valence-corrected chi connectivity index (χ2v) is 3.41. The number of anilines is 3. The predicted molar refractivity (Wildman–Crippen MR) is 63.4 cm³/mol. The molecule has 0 atom stereocenters. The second kappa shape index (κ2) is 4.78. The normalized spacial score (nSPS) is 10.1. The molecule has 0 spiro atoms. The van der Waals surface area contributed by atoms with Crippen LogP contribution in [0.5, 0.6) is 0 Å². The van der Waals surface area contributed by atoms with Gasteiger partial charge in [0.05, 0.1) is 5.69 Å². The summed E-state index contributed by atoms with van der Waals surface area (Å²) in [5.74, 6) is -1.12. The predicted octanol–water partition coefficient (Wildman–Crippen LogP) is 3.15. The lowest BCUT2D eigenvalue weighted by Gasteiger charge is -2.08. The molecule has 5 heteroatoms. The summed E-state index contributed by atoms with van der Waals surface area (Å²) in [7, 11) is 1.73. The third kappa shape index (κ3) is 2.50. The van der Waals surface area contributed by atoms with E-state index >= 15 is 0 Å². The molecule has 2 N–H and O–H groups in total. The quantitative estimate of drug-likeness (QED) is 0.858. The van der Waals surface area contributed by atoms with E-state index in [-0.39, 0.29) is 5.69 Å². The summed E-state index contributed by atoms with van der Waals surface area (Å²) in [6.07, 6.45) is 1.57. The molecule has 0 saturated heterocycles. The Kier molecular flexibility index (Phi) is 3.18. The van der Waals surface area contributed by atoms with Crippen molar-refractivity contribution < 1.29 is 8.78 Å². The summed E-state index contributed by atoms with van der Waals surface area (Å²) in [4.78, 5) is 4.02. The molecule has 1 aromatic carbocycles. The van der Waals surface area contributed by atoms with E-state index in [0.717, 1.165) is 6.07 Å². The second-order valence-electron chi connectivity index (χ2n) is 3.41. The molecule has 1 aromatic heterocycles. The molecule has 0 bridgehead atoms. The SMILES string of the molecule is CNc1cc(Nc2cccc(F)c2F)ccn1. The zero-order chi connectivity index (χ0) is 12.3. The highest BCUT2D eigenvalue weighted by Gasteiger charge is 2.07. The summed E-state index contributed by atoms with van der Waals surface area (Å²) in [6, 6.07) is 7.36. The molecule has 17 heavy (non-hydrogen) atoms. The molecule has 0 fully saturated rings. The largest absolute Gasteiger partial charge is 0.373 e. The number of rotatable bonds is 3. The average Bonchev–Trinajstić information content (AvgIpc) is 2.35. The molecule has 88 valence electrons. The van der Waals surface area contributed by atoms with Crippen molar-refractivity contribution in [2.45, 2.75) is 0 Å². The van der Waals surface area contributed by atoms with E-state index in [1.807, 2.05) is 0 Å². The Balaban J connectivity index is 2.28. The van der Waals surface area contributed by atoms with Gasteiger partial charge in [0.25, 0.3) is 0 Å². The molecular formula is C12H11F2N3. The first-order valence-corrected chi connectivity index (χ1v) is 5.05. The molecule has 2 rings (SSSR count). The van der Waals surface area contributed by atoms with Crippen molar-refractivity contribution in [1.29, 1.82) is 0 Å². The van der Waals surface area contributed by atoms with Crippen LogP contribution in [0.15, 0.2) is 36.5 Å². The Labute approximate surface area is 97.5 Å². The minimum absolute atomic E-state index is 0.0956. The van der Waals surface area contributed by atoms with Crippen LogP contribution in [0.3, 0.4) is 0 Å². The lowest BCUT2D eigenvalue weighted by Crippen LogP contribution is -1.98. The molecular weight excluding hydrogens is 224 g/mol. The van der Waals surface area contributed by atoms with Crippen molar-refractivity contribution in [3.8, 4) is 0 Å². The Hall–Kier alpha value is -2.17. The lowest BCUT2D eigenvalue weighted by molar-refractivity contribution is 0.512. The van der Waals surface area contributed by atoms with Crippen molar-refractivity contribution in [1.82, 2.24) is 4.98 Å². The molecule has 2 aromatic rings. The maximum atomic E-state index is 13.4. The fourth-order valence-electron chi connectivity index (χ4n) is 1.40. The summed E-state index contributed by atoms with van der Waals surface area (Å²) in [5.41, 5.74) is 0.729. The van der Waals surface area contributed by atoms with Crippen LogP contribution in [-0.2, 0) is 0 Å². The van der Waals surface area contributed by atoms with Crippen molar-refractivity contribution in [3.63, 3.8) is 0 Å². The van der Waals surface area contributed by atoms with E-state index in [0.29, 0.717) is 11.5 Å². The van der Waals surface area contributed by atoms with Gasteiger partial charge in [0.15, 0.2) is 11.6 Å². The minimum Gasteiger partial charge on any atom is -0.373 e. The molecule has 3 nitrogen and oxygen atoms in total. The number of nitrogens with one attached hydrogen (secondary N) is 2. The van der Waals surface area contributed by atoms with Crippen molar-refractivity contribution in [2.24, 2.45) is 0 Å². The number of hydrogen-bond acceptors (Lipinski definition) is 3. The van der Waals surface area contributed by atoms with Crippen LogP contribution in [-0.4, -0.2) is 12.0 Å². The van der Waals surface area contributed by atoms with Gasteiger partial charge in [-0.25, -0.2) is 13.8 Å². The Bertz CT molecular complexity index is 529. The van der Waals surface area contributed by atoms with Crippen LogP contribution in [0.4, 0.5) is 26.0 Å². The van der Waals surface area contributed by atoms with Crippen LogP contribution < -0.4 is 10.6 Å². The van der Waals surface area contributed by atoms with E-state index in [1.54, 1.807) is 25.4 Å². The molecule has 0 aliphatic carbocycles. The van der Waals surface area contributed by atoms with Crippen LogP contribution in [0.25, 0.3) is 0 Å². The van der Waals surface area contributed by atoms with Crippen LogP contribution >= 0.6 is 0 Å². The Morgan fingerprint density at radius 3 is 2.76 bits per heavy atom. The van der Waals surface area contributed by atoms with Gasteiger partial charge >= 0.3 is 0 Å². The fourth-order valence-corrected chi connectivity index (χ4v) is 1.40. The zero-order valence-electron chi connectivity index (χ0n) is 9.17. The number of benzene rings is 1. The van der Waals surface area contributed by atoms with Crippen molar-refractivity contribution >= 4 is 17.2 Å². The first-order chi connectivity index (χ1) is 8.20. The van der Waals surface area contributed by atoms with Gasteiger partial charge in [0, 0.05) is 25.0 Å². The van der Waals surface area contributed by atoms with Crippen LogP contribution in [0.2, 0.25) is 0 Å².